The molecule has 2 heterocycles. The predicted octanol–water partition coefficient (Wildman–Crippen LogP) is 3.80. The quantitative estimate of drug-likeness (QED) is 0.597. The molecule has 130 valence electrons. The van der Waals surface area contributed by atoms with Gasteiger partial charge in [0.15, 0.2) is 11.6 Å². The third kappa shape index (κ3) is 2.79. The number of anilines is 4. The summed E-state index contributed by atoms with van der Waals surface area (Å²) >= 11 is 0. The summed E-state index contributed by atoms with van der Waals surface area (Å²) < 4.78 is 32.8. The van der Waals surface area contributed by atoms with Crippen molar-refractivity contribution < 1.29 is 13.4 Å². The van der Waals surface area contributed by atoms with E-state index in [2.05, 4.69) is 30.2 Å². The Balaban J connectivity index is 1.84. The zero-order valence-corrected chi connectivity index (χ0v) is 13.5. The summed E-state index contributed by atoms with van der Waals surface area (Å²) in [6, 6.07) is 12.3. The molecule has 0 aliphatic heterocycles. The van der Waals surface area contributed by atoms with Crippen LogP contribution in [0, 0.1) is 11.6 Å². The van der Waals surface area contributed by atoms with Crippen LogP contribution in [0.15, 0.2) is 53.2 Å². The smallest absolute Gasteiger partial charge is 0.245 e. The highest BCUT2D eigenvalue weighted by Gasteiger charge is 2.20. The fourth-order valence-corrected chi connectivity index (χ4v) is 2.48. The molecule has 0 saturated heterocycles. The summed E-state index contributed by atoms with van der Waals surface area (Å²) in [5, 5.41) is 10.2. The zero-order chi connectivity index (χ0) is 18.1. The van der Waals surface area contributed by atoms with E-state index < -0.39 is 11.6 Å². The highest BCUT2D eigenvalue weighted by atomic mass is 19.1. The Labute approximate surface area is 146 Å². The van der Waals surface area contributed by atoms with E-state index >= 15 is 0 Å². The molecular formula is C17H12F2N6O. The number of nitrogens with zero attached hydrogens (tertiary/aromatic N) is 5. The molecule has 7 nitrogen and oxygen atoms in total. The summed E-state index contributed by atoms with van der Waals surface area (Å²) in [5.41, 5.74) is 0.770. The average molecular weight is 354 g/mol. The lowest BCUT2D eigenvalue weighted by Gasteiger charge is -2.21. The van der Waals surface area contributed by atoms with Crippen molar-refractivity contribution in [3.8, 4) is 0 Å². The molecule has 4 aromatic rings. The van der Waals surface area contributed by atoms with Gasteiger partial charge in [0.05, 0.1) is 11.4 Å². The Hall–Kier alpha value is -3.62. The highest BCUT2D eigenvalue weighted by molar-refractivity contribution is 5.80. The lowest BCUT2D eigenvalue weighted by atomic mass is 10.2. The standard InChI is InChI=1S/C17H12F2N6O/c1-25(13-9-5-3-7-11(13)19)17-16(20-12-8-4-2-6-10(12)18)21-14-15(22-17)24-26-23-14/h2-9H,1H3,(H,20,21,23). The topological polar surface area (TPSA) is 80.0 Å². The van der Waals surface area contributed by atoms with Gasteiger partial charge in [-0.25, -0.2) is 23.4 Å². The molecule has 9 heteroatoms. The van der Waals surface area contributed by atoms with Crippen LogP contribution in [0.2, 0.25) is 0 Å². The molecule has 0 atom stereocenters. The van der Waals surface area contributed by atoms with Crippen molar-refractivity contribution in [3.05, 3.63) is 60.2 Å². The SMILES string of the molecule is CN(c1ccccc1F)c1nc2nonc2nc1Nc1ccccc1F. The molecule has 0 radical (unpaired) electrons. The summed E-state index contributed by atoms with van der Waals surface area (Å²) in [6.45, 7) is 0. The molecule has 0 aliphatic rings. The van der Waals surface area contributed by atoms with Crippen LogP contribution in [0.25, 0.3) is 11.3 Å². The number of hydrogen-bond acceptors (Lipinski definition) is 7. The van der Waals surface area contributed by atoms with Crippen molar-refractivity contribution in [3.63, 3.8) is 0 Å². The Kier molecular flexibility index (Phi) is 3.88. The van der Waals surface area contributed by atoms with Crippen molar-refractivity contribution in [1.82, 2.24) is 20.3 Å². The molecule has 0 bridgehead atoms. The average Bonchev–Trinajstić information content (AvgIpc) is 3.10. The minimum Gasteiger partial charge on any atom is -0.335 e. The van der Waals surface area contributed by atoms with Crippen molar-refractivity contribution in [2.45, 2.75) is 0 Å². The minimum absolute atomic E-state index is 0.148. The lowest BCUT2D eigenvalue weighted by molar-refractivity contribution is 0.314. The molecule has 0 unspecified atom stereocenters. The molecule has 2 aromatic heterocycles. The normalized spacial score (nSPS) is 10.9. The molecule has 0 saturated carbocycles. The number of fused-ring (bicyclic) bond motifs is 1. The van der Waals surface area contributed by atoms with E-state index in [1.54, 1.807) is 43.4 Å². The van der Waals surface area contributed by atoms with Gasteiger partial charge in [-0.1, -0.05) is 24.3 Å². The van der Waals surface area contributed by atoms with Gasteiger partial charge in [-0.05, 0) is 34.6 Å². The first-order valence-corrected chi connectivity index (χ1v) is 7.63. The first kappa shape index (κ1) is 15.9. The number of hydrogen-bond donors (Lipinski definition) is 1. The number of nitrogens with one attached hydrogen (secondary N) is 1. The van der Waals surface area contributed by atoms with Gasteiger partial charge in [0.2, 0.25) is 11.3 Å². The molecular weight excluding hydrogens is 342 g/mol. The van der Waals surface area contributed by atoms with Gasteiger partial charge in [0.25, 0.3) is 0 Å². The van der Waals surface area contributed by atoms with Crippen LogP contribution in [0.4, 0.5) is 31.8 Å². The van der Waals surface area contributed by atoms with Crippen molar-refractivity contribution in [2.75, 3.05) is 17.3 Å². The molecule has 26 heavy (non-hydrogen) atoms. The van der Waals surface area contributed by atoms with Crippen LogP contribution in [-0.2, 0) is 0 Å². The van der Waals surface area contributed by atoms with E-state index in [1.165, 1.54) is 17.0 Å². The van der Waals surface area contributed by atoms with Gasteiger partial charge in [0, 0.05) is 7.05 Å². The van der Waals surface area contributed by atoms with Crippen LogP contribution in [-0.4, -0.2) is 27.3 Å². The van der Waals surface area contributed by atoms with E-state index in [9.17, 15) is 8.78 Å². The Morgan fingerprint density at radius 2 is 1.54 bits per heavy atom. The molecule has 0 amide bonds. The number of halogens is 2. The molecule has 0 spiro atoms. The van der Waals surface area contributed by atoms with Gasteiger partial charge in [-0.3, -0.25) is 0 Å². The Bertz CT molecular complexity index is 1080. The third-order valence-corrected chi connectivity index (χ3v) is 3.75. The van der Waals surface area contributed by atoms with E-state index in [1.807, 2.05) is 0 Å². The first-order chi connectivity index (χ1) is 12.6. The zero-order valence-electron chi connectivity index (χ0n) is 13.5. The van der Waals surface area contributed by atoms with E-state index in [-0.39, 0.29) is 34.3 Å². The van der Waals surface area contributed by atoms with E-state index in [0.717, 1.165) is 0 Å². The van der Waals surface area contributed by atoms with Gasteiger partial charge < -0.3 is 10.2 Å². The maximum absolute atomic E-state index is 14.2. The maximum atomic E-state index is 14.2. The first-order valence-electron chi connectivity index (χ1n) is 7.63. The fourth-order valence-electron chi connectivity index (χ4n) is 2.48. The summed E-state index contributed by atoms with van der Waals surface area (Å²) in [7, 11) is 1.62. The van der Waals surface area contributed by atoms with Gasteiger partial charge >= 0.3 is 0 Å². The second kappa shape index (κ2) is 6.36. The van der Waals surface area contributed by atoms with Crippen LogP contribution < -0.4 is 10.2 Å². The van der Waals surface area contributed by atoms with Gasteiger partial charge in [-0.15, -0.1) is 0 Å². The number of rotatable bonds is 4. The fraction of sp³-hybridized carbons (Fsp3) is 0.0588. The second-order valence-electron chi connectivity index (χ2n) is 5.42. The number of para-hydroxylation sites is 2. The highest BCUT2D eigenvalue weighted by Crippen LogP contribution is 2.32. The minimum atomic E-state index is -0.466. The van der Waals surface area contributed by atoms with Crippen molar-refractivity contribution >= 4 is 34.3 Å². The van der Waals surface area contributed by atoms with E-state index in [0.29, 0.717) is 0 Å². The van der Waals surface area contributed by atoms with Crippen LogP contribution in [0.5, 0.6) is 0 Å². The maximum Gasteiger partial charge on any atom is 0.245 e. The van der Waals surface area contributed by atoms with Gasteiger partial charge in [-0.2, -0.15) is 0 Å². The molecule has 4 rings (SSSR count). The molecule has 0 fully saturated rings. The van der Waals surface area contributed by atoms with Crippen molar-refractivity contribution in [1.29, 1.82) is 0 Å². The lowest BCUT2D eigenvalue weighted by Crippen LogP contribution is -2.16. The molecule has 1 N–H and O–H groups in total. The summed E-state index contributed by atoms with van der Waals surface area (Å²) in [5.74, 6) is -0.482. The Morgan fingerprint density at radius 3 is 2.27 bits per heavy atom. The number of benzene rings is 2. The predicted molar refractivity (Wildman–Crippen MR) is 91.5 cm³/mol. The van der Waals surface area contributed by atoms with Gasteiger partial charge in [0.1, 0.15) is 11.6 Å². The monoisotopic (exact) mass is 354 g/mol. The summed E-state index contributed by atoms with van der Waals surface area (Å²) in [6.07, 6.45) is 0. The number of aromatic nitrogens is 4. The molecule has 2 aromatic carbocycles. The molecule has 0 aliphatic carbocycles. The summed E-state index contributed by atoms with van der Waals surface area (Å²) in [4.78, 5) is 10.1. The van der Waals surface area contributed by atoms with Crippen LogP contribution in [0.1, 0.15) is 0 Å². The Morgan fingerprint density at radius 1 is 0.885 bits per heavy atom. The second-order valence-corrected chi connectivity index (χ2v) is 5.42. The van der Waals surface area contributed by atoms with Crippen molar-refractivity contribution in [2.24, 2.45) is 0 Å². The van der Waals surface area contributed by atoms with E-state index in [4.69, 9.17) is 0 Å². The largest absolute Gasteiger partial charge is 0.335 e. The van der Waals surface area contributed by atoms with Crippen LogP contribution in [0.3, 0.4) is 0 Å². The third-order valence-electron chi connectivity index (χ3n) is 3.75. The van der Waals surface area contributed by atoms with Crippen LogP contribution >= 0.6 is 0 Å².